The van der Waals surface area contributed by atoms with Crippen LogP contribution in [0.2, 0.25) is 0 Å². The normalized spacial score (nSPS) is 19.6. The maximum atomic E-state index is 12.6. The van der Waals surface area contributed by atoms with E-state index in [4.69, 9.17) is 0 Å². The van der Waals surface area contributed by atoms with E-state index < -0.39 is 11.9 Å². The van der Waals surface area contributed by atoms with E-state index in [-0.39, 0.29) is 30.5 Å². The van der Waals surface area contributed by atoms with E-state index >= 15 is 0 Å². The van der Waals surface area contributed by atoms with Crippen LogP contribution in [-0.2, 0) is 12.7 Å². The number of nitrogens with one attached hydrogen (secondary N) is 2. The van der Waals surface area contributed by atoms with E-state index in [1.54, 1.807) is 0 Å². The van der Waals surface area contributed by atoms with Crippen molar-refractivity contribution in [2.24, 2.45) is 4.99 Å². The molecule has 2 N–H and O–H groups in total. The minimum atomic E-state index is -4.40. The molecule has 1 aromatic heterocycles. The lowest BCUT2D eigenvalue weighted by Crippen LogP contribution is -2.39. The minimum Gasteiger partial charge on any atom is -0.357 e. The van der Waals surface area contributed by atoms with Gasteiger partial charge in [0.15, 0.2) is 11.7 Å². The molecule has 1 heterocycles. The van der Waals surface area contributed by atoms with Crippen molar-refractivity contribution in [3.05, 3.63) is 52.0 Å². The zero-order valence-corrected chi connectivity index (χ0v) is 17.2. The Labute approximate surface area is 171 Å². The number of guanidine groups is 1. The number of aromatic nitrogens is 1. The summed E-state index contributed by atoms with van der Waals surface area (Å²) in [6.07, 6.45) is -3.39. The van der Waals surface area contributed by atoms with E-state index in [9.17, 15) is 13.2 Å². The van der Waals surface area contributed by atoms with Crippen LogP contribution >= 0.6 is 35.3 Å². The molecule has 0 spiro atoms. The smallest absolute Gasteiger partial charge is 0.357 e. The van der Waals surface area contributed by atoms with Gasteiger partial charge in [-0.1, -0.05) is 30.3 Å². The van der Waals surface area contributed by atoms with Crippen LogP contribution in [0.25, 0.3) is 0 Å². The number of alkyl halides is 3. The summed E-state index contributed by atoms with van der Waals surface area (Å²) < 4.78 is 37.8. The summed E-state index contributed by atoms with van der Waals surface area (Å²) in [5.41, 5.74) is 0.428. The quantitative estimate of drug-likeness (QED) is 0.367. The summed E-state index contributed by atoms with van der Waals surface area (Å²) in [4.78, 5) is 7.96. The predicted molar refractivity (Wildman–Crippen MR) is 108 cm³/mol. The molecule has 2 unspecified atom stereocenters. The highest BCUT2D eigenvalue weighted by Gasteiger charge is 2.39. The van der Waals surface area contributed by atoms with Gasteiger partial charge in [0.05, 0.1) is 6.54 Å². The predicted octanol–water partition coefficient (Wildman–Crippen LogP) is 4.39. The van der Waals surface area contributed by atoms with Crippen molar-refractivity contribution in [2.45, 2.75) is 38.0 Å². The summed E-state index contributed by atoms with van der Waals surface area (Å²) >= 11 is 0.975. The number of benzene rings is 1. The first-order chi connectivity index (χ1) is 12.0. The fourth-order valence-electron chi connectivity index (χ4n) is 2.58. The van der Waals surface area contributed by atoms with Crippen molar-refractivity contribution in [1.82, 2.24) is 15.6 Å². The first-order valence-electron chi connectivity index (χ1n) is 8.08. The third kappa shape index (κ3) is 5.57. The second-order valence-electron chi connectivity index (χ2n) is 5.82. The van der Waals surface area contributed by atoms with Gasteiger partial charge in [0.2, 0.25) is 0 Å². The minimum absolute atomic E-state index is 0. The summed E-state index contributed by atoms with van der Waals surface area (Å²) in [6, 6.07) is 10.5. The molecular weight excluding hydrogens is 476 g/mol. The molecule has 1 saturated carbocycles. The Hall–Kier alpha value is -1.36. The maximum Gasteiger partial charge on any atom is 0.434 e. The Morgan fingerprint density at radius 1 is 1.31 bits per heavy atom. The molecule has 1 aliphatic rings. The van der Waals surface area contributed by atoms with Crippen LogP contribution in [0.1, 0.15) is 35.5 Å². The SMILES string of the molecule is CCNC(=NCc1nc(C(F)(F)F)cs1)NC1CC1c1ccccc1.I. The van der Waals surface area contributed by atoms with Crippen LogP contribution in [0.3, 0.4) is 0 Å². The van der Waals surface area contributed by atoms with Gasteiger partial charge in [-0.15, -0.1) is 35.3 Å². The van der Waals surface area contributed by atoms with Crippen molar-refractivity contribution in [3.63, 3.8) is 0 Å². The molecule has 2 aromatic rings. The van der Waals surface area contributed by atoms with E-state index in [1.807, 2.05) is 25.1 Å². The van der Waals surface area contributed by atoms with Gasteiger partial charge in [-0.05, 0) is 18.9 Å². The molecule has 0 saturated heterocycles. The lowest BCUT2D eigenvalue weighted by atomic mass is 10.1. The van der Waals surface area contributed by atoms with Gasteiger partial charge in [0.1, 0.15) is 5.01 Å². The largest absolute Gasteiger partial charge is 0.434 e. The second-order valence-corrected chi connectivity index (χ2v) is 6.77. The topological polar surface area (TPSA) is 49.3 Å². The highest BCUT2D eigenvalue weighted by molar-refractivity contribution is 14.0. The standard InChI is InChI=1S/C17H19F3N4S.HI/c1-2-21-16(22-9-15-24-14(10-25-15)17(18,19)20)23-13-8-12(13)11-6-4-3-5-7-11;/h3-7,10,12-13H,2,8-9H2,1H3,(H2,21,22,23);1H. The van der Waals surface area contributed by atoms with Gasteiger partial charge in [0.25, 0.3) is 0 Å². The van der Waals surface area contributed by atoms with Gasteiger partial charge in [0, 0.05) is 23.9 Å². The maximum absolute atomic E-state index is 12.6. The molecule has 142 valence electrons. The molecule has 0 amide bonds. The molecule has 3 rings (SSSR count). The molecule has 1 aliphatic carbocycles. The number of thiazole rings is 1. The molecule has 0 aliphatic heterocycles. The monoisotopic (exact) mass is 496 g/mol. The molecule has 2 atom stereocenters. The number of aliphatic imine (C=N–C) groups is 1. The van der Waals surface area contributed by atoms with Gasteiger partial charge in [-0.25, -0.2) is 9.98 Å². The van der Waals surface area contributed by atoms with Gasteiger partial charge in [-0.3, -0.25) is 0 Å². The van der Waals surface area contributed by atoms with Crippen molar-refractivity contribution in [3.8, 4) is 0 Å². The van der Waals surface area contributed by atoms with Crippen molar-refractivity contribution in [2.75, 3.05) is 6.54 Å². The average molecular weight is 496 g/mol. The lowest BCUT2D eigenvalue weighted by molar-refractivity contribution is -0.140. The fraction of sp³-hybridized carbons (Fsp3) is 0.412. The molecule has 1 aromatic carbocycles. The molecule has 0 bridgehead atoms. The number of hydrogen-bond donors (Lipinski definition) is 2. The summed E-state index contributed by atoms with van der Waals surface area (Å²) in [5.74, 6) is 1.05. The Morgan fingerprint density at radius 2 is 2.04 bits per heavy atom. The van der Waals surface area contributed by atoms with E-state index in [1.165, 1.54) is 5.56 Å². The molecule has 26 heavy (non-hydrogen) atoms. The van der Waals surface area contributed by atoms with E-state index in [2.05, 4.69) is 32.7 Å². The Morgan fingerprint density at radius 3 is 2.65 bits per heavy atom. The Kier molecular flexibility index (Phi) is 7.27. The highest BCUT2D eigenvalue weighted by atomic mass is 127. The van der Waals surface area contributed by atoms with Crippen LogP contribution in [0.15, 0.2) is 40.7 Å². The number of nitrogens with zero attached hydrogens (tertiary/aromatic N) is 2. The molecule has 1 fully saturated rings. The Balaban J connectivity index is 0.00000243. The summed E-state index contributed by atoms with van der Waals surface area (Å²) in [6.45, 7) is 2.75. The third-order valence-corrected chi connectivity index (χ3v) is 4.73. The van der Waals surface area contributed by atoms with Gasteiger partial charge < -0.3 is 10.6 Å². The molecule has 9 heteroatoms. The van der Waals surface area contributed by atoms with Gasteiger partial charge in [-0.2, -0.15) is 13.2 Å². The van der Waals surface area contributed by atoms with E-state index in [0.717, 1.165) is 23.1 Å². The Bertz CT molecular complexity index is 733. The van der Waals surface area contributed by atoms with Crippen molar-refractivity contribution >= 4 is 41.3 Å². The van der Waals surface area contributed by atoms with Crippen LogP contribution in [0.4, 0.5) is 13.2 Å². The molecule has 4 nitrogen and oxygen atoms in total. The summed E-state index contributed by atoms with van der Waals surface area (Å²) in [5, 5.41) is 7.84. The van der Waals surface area contributed by atoms with Crippen LogP contribution < -0.4 is 10.6 Å². The summed E-state index contributed by atoms with van der Waals surface area (Å²) in [7, 11) is 0. The first-order valence-corrected chi connectivity index (χ1v) is 8.96. The zero-order valence-electron chi connectivity index (χ0n) is 14.1. The number of halogens is 4. The molecular formula is C17H20F3IN4S. The van der Waals surface area contributed by atoms with Gasteiger partial charge >= 0.3 is 6.18 Å². The highest BCUT2D eigenvalue weighted by Crippen LogP contribution is 2.40. The fourth-order valence-corrected chi connectivity index (χ4v) is 3.30. The van der Waals surface area contributed by atoms with Crippen LogP contribution in [0.5, 0.6) is 0 Å². The van der Waals surface area contributed by atoms with Crippen molar-refractivity contribution < 1.29 is 13.2 Å². The zero-order chi connectivity index (χ0) is 17.9. The second kappa shape index (κ2) is 9.03. The van der Waals surface area contributed by atoms with E-state index in [0.29, 0.717) is 29.5 Å². The van der Waals surface area contributed by atoms with Crippen LogP contribution in [-0.4, -0.2) is 23.5 Å². The molecule has 0 radical (unpaired) electrons. The first kappa shape index (κ1) is 20.9. The van der Waals surface area contributed by atoms with Crippen LogP contribution in [0, 0.1) is 0 Å². The van der Waals surface area contributed by atoms with Crippen molar-refractivity contribution in [1.29, 1.82) is 0 Å². The average Bonchev–Trinajstić information content (AvgIpc) is 3.16. The number of rotatable bonds is 5. The lowest BCUT2D eigenvalue weighted by Gasteiger charge is -2.11. The number of hydrogen-bond acceptors (Lipinski definition) is 3. The third-order valence-electron chi connectivity index (χ3n) is 3.90.